The number of hydrogen-bond acceptors (Lipinski definition) is 5. The first-order valence-electron chi connectivity index (χ1n) is 6.79. The molecule has 6 nitrogen and oxygen atoms in total. The molecular weight excluding hydrogens is 348 g/mol. The predicted molar refractivity (Wildman–Crippen MR) is 89.7 cm³/mol. The summed E-state index contributed by atoms with van der Waals surface area (Å²) in [6.07, 6.45) is 1.57. The van der Waals surface area contributed by atoms with E-state index in [-0.39, 0.29) is 5.91 Å². The first kappa shape index (κ1) is 16.2. The largest absolute Gasteiger partial charge is 0.490 e. The number of pyridine rings is 2. The van der Waals surface area contributed by atoms with Gasteiger partial charge in [-0.15, -0.1) is 0 Å². The minimum absolute atomic E-state index is 0.181. The van der Waals surface area contributed by atoms with Crippen LogP contribution in [0.2, 0.25) is 0 Å². The number of aromatic nitrogens is 2. The number of halogens is 1. The lowest BCUT2D eigenvalue weighted by molar-refractivity contribution is -0.114. The molecule has 0 unspecified atom stereocenters. The van der Waals surface area contributed by atoms with E-state index in [1.807, 2.05) is 26.0 Å². The van der Waals surface area contributed by atoms with E-state index in [2.05, 4.69) is 36.5 Å². The van der Waals surface area contributed by atoms with Gasteiger partial charge in [0.25, 0.3) is 0 Å². The standard InChI is InChI=1S/C15H17BrN4O2/c1-4-22-12-8-17-14(18-10(3)21)7-11(12)19-15-6-9(2)5-13(16)20-15/h5-8H,4H2,1-3H3,(H2,17,18,19,20,21). The molecule has 0 fully saturated rings. The van der Waals surface area contributed by atoms with Crippen molar-refractivity contribution in [1.29, 1.82) is 0 Å². The Morgan fingerprint density at radius 3 is 2.73 bits per heavy atom. The molecule has 22 heavy (non-hydrogen) atoms. The number of aryl methyl sites for hydroxylation is 1. The Balaban J connectivity index is 2.34. The second-order valence-corrected chi connectivity index (χ2v) is 5.47. The topological polar surface area (TPSA) is 76.1 Å². The van der Waals surface area contributed by atoms with Gasteiger partial charge in [-0.05, 0) is 47.5 Å². The van der Waals surface area contributed by atoms with Gasteiger partial charge in [0.15, 0.2) is 5.75 Å². The van der Waals surface area contributed by atoms with Crippen LogP contribution in [0.3, 0.4) is 0 Å². The fraction of sp³-hybridized carbons (Fsp3) is 0.267. The molecule has 0 bridgehead atoms. The maximum Gasteiger partial charge on any atom is 0.222 e. The summed E-state index contributed by atoms with van der Waals surface area (Å²) in [7, 11) is 0. The molecule has 2 N–H and O–H groups in total. The van der Waals surface area contributed by atoms with Crippen molar-refractivity contribution in [3.8, 4) is 5.75 Å². The van der Waals surface area contributed by atoms with E-state index in [4.69, 9.17) is 4.74 Å². The molecule has 2 aromatic heterocycles. The molecule has 0 saturated carbocycles. The molecule has 1 amide bonds. The molecule has 0 aromatic carbocycles. The Hall–Kier alpha value is -2.15. The zero-order chi connectivity index (χ0) is 16.1. The van der Waals surface area contributed by atoms with Crippen molar-refractivity contribution in [2.24, 2.45) is 0 Å². The van der Waals surface area contributed by atoms with Crippen molar-refractivity contribution >= 4 is 39.2 Å². The molecule has 7 heteroatoms. The Morgan fingerprint density at radius 2 is 2.09 bits per heavy atom. The van der Waals surface area contributed by atoms with E-state index in [1.165, 1.54) is 6.92 Å². The maximum absolute atomic E-state index is 11.2. The number of carbonyl (C=O) groups excluding carboxylic acids is 1. The molecule has 116 valence electrons. The molecular formula is C15H17BrN4O2. The molecule has 0 radical (unpaired) electrons. The van der Waals surface area contributed by atoms with Crippen LogP contribution in [0.4, 0.5) is 17.3 Å². The van der Waals surface area contributed by atoms with Gasteiger partial charge in [0.05, 0.1) is 18.5 Å². The molecule has 0 aliphatic rings. The third-order valence-electron chi connectivity index (χ3n) is 2.67. The van der Waals surface area contributed by atoms with Crippen LogP contribution in [0, 0.1) is 6.92 Å². The van der Waals surface area contributed by atoms with Crippen LogP contribution in [-0.4, -0.2) is 22.5 Å². The van der Waals surface area contributed by atoms with E-state index in [0.717, 1.165) is 10.2 Å². The number of ether oxygens (including phenoxy) is 1. The number of carbonyl (C=O) groups is 1. The maximum atomic E-state index is 11.2. The smallest absolute Gasteiger partial charge is 0.222 e. The molecule has 0 spiro atoms. The summed E-state index contributed by atoms with van der Waals surface area (Å²) in [6.45, 7) is 5.83. The minimum Gasteiger partial charge on any atom is -0.490 e. The van der Waals surface area contributed by atoms with Crippen LogP contribution in [-0.2, 0) is 4.79 Å². The van der Waals surface area contributed by atoms with Crippen LogP contribution in [0.5, 0.6) is 5.75 Å². The summed E-state index contributed by atoms with van der Waals surface area (Å²) in [4.78, 5) is 19.7. The van der Waals surface area contributed by atoms with E-state index < -0.39 is 0 Å². The van der Waals surface area contributed by atoms with Gasteiger partial charge in [-0.3, -0.25) is 4.79 Å². The quantitative estimate of drug-likeness (QED) is 0.791. The van der Waals surface area contributed by atoms with Gasteiger partial charge in [0.1, 0.15) is 16.2 Å². The summed E-state index contributed by atoms with van der Waals surface area (Å²) < 4.78 is 6.29. The summed E-state index contributed by atoms with van der Waals surface area (Å²) in [5, 5.41) is 5.84. The Kier molecular flexibility index (Phi) is 5.32. The second kappa shape index (κ2) is 7.22. The van der Waals surface area contributed by atoms with Crippen molar-refractivity contribution in [1.82, 2.24) is 9.97 Å². The van der Waals surface area contributed by atoms with Gasteiger partial charge in [0, 0.05) is 13.0 Å². The van der Waals surface area contributed by atoms with Crippen LogP contribution >= 0.6 is 15.9 Å². The number of hydrogen-bond donors (Lipinski definition) is 2. The average Bonchev–Trinajstić information content (AvgIpc) is 2.40. The second-order valence-electron chi connectivity index (χ2n) is 4.66. The molecule has 2 aromatic rings. The zero-order valence-electron chi connectivity index (χ0n) is 12.6. The third-order valence-corrected chi connectivity index (χ3v) is 3.08. The van der Waals surface area contributed by atoms with E-state index in [9.17, 15) is 4.79 Å². The lowest BCUT2D eigenvalue weighted by Crippen LogP contribution is -2.08. The van der Waals surface area contributed by atoms with Crippen LogP contribution in [0.15, 0.2) is 29.0 Å². The van der Waals surface area contributed by atoms with Crippen molar-refractivity contribution < 1.29 is 9.53 Å². The Labute approximate surface area is 137 Å². The first-order chi connectivity index (χ1) is 10.5. The number of nitrogens with zero attached hydrogens (tertiary/aromatic N) is 2. The molecule has 0 aliphatic heterocycles. The van der Waals surface area contributed by atoms with E-state index in [1.54, 1.807) is 12.3 Å². The Morgan fingerprint density at radius 1 is 1.32 bits per heavy atom. The summed E-state index contributed by atoms with van der Waals surface area (Å²) in [5.74, 6) is 1.54. The highest BCUT2D eigenvalue weighted by Crippen LogP contribution is 2.29. The summed E-state index contributed by atoms with van der Waals surface area (Å²) >= 11 is 3.37. The van der Waals surface area contributed by atoms with Crippen molar-refractivity contribution in [3.63, 3.8) is 0 Å². The van der Waals surface area contributed by atoms with E-state index >= 15 is 0 Å². The number of nitrogens with one attached hydrogen (secondary N) is 2. The summed E-state index contributed by atoms with van der Waals surface area (Å²) in [5.41, 5.74) is 1.75. The van der Waals surface area contributed by atoms with Crippen molar-refractivity contribution in [3.05, 3.63) is 34.6 Å². The fourth-order valence-electron chi connectivity index (χ4n) is 1.89. The fourth-order valence-corrected chi connectivity index (χ4v) is 2.44. The van der Waals surface area contributed by atoms with Gasteiger partial charge in [-0.1, -0.05) is 0 Å². The van der Waals surface area contributed by atoms with E-state index in [0.29, 0.717) is 29.7 Å². The number of anilines is 3. The van der Waals surface area contributed by atoms with Crippen molar-refractivity contribution in [2.75, 3.05) is 17.2 Å². The SMILES string of the molecule is CCOc1cnc(NC(C)=O)cc1Nc1cc(C)cc(Br)n1. The predicted octanol–water partition coefficient (Wildman–Crippen LogP) is 3.65. The number of rotatable bonds is 5. The highest BCUT2D eigenvalue weighted by molar-refractivity contribution is 9.10. The summed E-state index contributed by atoms with van der Waals surface area (Å²) in [6, 6.07) is 5.55. The average molecular weight is 365 g/mol. The first-order valence-corrected chi connectivity index (χ1v) is 7.59. The third kappa shape index (κ3) is 4.42. The minimum atomic E-state index is -0.181. The van der Waals surface area contributed by atoms with Gasteiger partial charge in [-0.25, -0.2) is 9.97 Å². The van der Waals surface area contributed by atoms with Gasteiger partial charge >= 0.3 is 0 Å². The number of amides is 1. The molecule has 2 rings (SSSR count). The lowest BCUT2D eigenvalue weighted by Gasteiger charge is -2.13. The van der Waals surface area contributed by atoms with Crippen LogP contribution in [0.1, 0.15) is 19.4 Å². The van der Waals surface area contributed by atoms with Crippen LogP contribution in [0.25, 0.3) is 0 Å². The van der Waals surface area contributed by atoms with Gasteiger partial charge in [0.2, 0.25) is 5.91 Å². The molecule has 0 saturated heterocycles. The highest BCUT2D eigenvalue weighted by Gasteiger charge is 2.09. The monoisotopic (exact) mass is 364 g/mol. The van der Waals surface area contributed by atoms with Gasteiger partial charge in [-0.2, -0.15) is 0 Å². The molecule has 2 heterocycles. The normalized spacial score (nSPS) is 10.2. The highest BCUT2D eigenvalue weighted by atomic mass is 79.9. The van der Waals surface area contributed by atoms with Crippen molar-refractivity contribution in [2.45, 2.75) is 20.8 Å². The van der Waals surface area contributed by atoms with Crippen LogP contribution < -0.4 is 15.4 Å². The molecule has 0 aliphatic carbocycles. The van der Waals surface area contributed by atoms with Gasteiger partial charge < -0.3 is 15.4 Å². The lowest BCUT2D eigenvalue weighted by atomic mass is 10.3. The Bertz CT molecular complexity index is 671. The molecule has 0 atom stereocenters. The zero-order valence-corrected chi connectivity index (χ0v) is 14.2.